The molecule has 0 bridgehead atoms. The van der Waals surface area contributed by atoms with Crippen molar-refractivity contribution in [1.29, 1.82) is 0 Å². The van der Waals surface area contributed by atoms with Crippen molar-refractivity contribution in [3.63, 3.8) is 0 Å². The van der Waals surface area contributed by atoms with Gasteiger partial charge in [0, 0.05) is 61.0 Å². The minimum absolute atomic E-state index is 0.0661. The van der Waals surface area contributed by atoms with Crippen molar-refractivity contribution in [1.82, 2.24) is 19.8 Å². The first-order valence-electron chi connectivity index (χ1n) is 13.7. The molecule has 1 amide bonds. The van der Waals surface area contributed by atoms with Gasteiger partial charge in [-0.05, 0) is 55.7 Å². The predicted octanol–water partition coefficient (Wildman–Crippen LogP) is 5.75. The summed E-state index contributed by atoms with van der Waals surface area (Å²) >= 11 is 1.53. The highest BCUT2D eigenvalue weighted by molar-refractivity contribution is 7.09. The summed E-state index contributed by atoms with van der Waals surface area (Å²) in [5, 5.41) is 5.86. The number of aromatic amines is 1. The minimum Gasteiger partial charge on any atom is -0.361 e. The van der Waals surface area contributed by atoms with Crippen molar-refractivity contribution in [2.45, 2.75) is 52.6 Å². The molecule has 2 aromatic heterocycles. The number of nitrogens with zero attached hydrogens (tertiary/aromatic N) is 3. The highest BCUT2D eigenvalue weighted by atomic mass is 32.1. The summed E-state index contributed by atoms with van der Waals surface area (Å²) in [6.45, 7) is 17.6. The van der Waals surface area contributed by atoms with Gasteiger partial charge < -0.3 is 15.7 Å². The van der Waals surface area contributed by atoms with Gasteiger partial charge in [-0.3, -0.25) is 20.4 Å². The van der Waals surface area contributed by atoms with Gasteiger partial charge in [0.15, 0.2) is 0 Å². The number of thiazole rings is 1. The number of benzene rings is 1. The molecular formula is C30H41N7OS. The van der Waals surface area contributed by atoms with Crippen LogP contribution in [0.15, 0.2) is 42.4 Å². The smallest absolute Gasteiger partial charge is 0.275 e. The van der Waals surface area contributed by atoms with Gasteiger partial charge in [-0.2, -0.15) is 0 Å². The molecule has 1 atom stereocenters. The average Bonchev–Trinajstić information content (AvgIpc) is 3.61. The van der Waals surface area contributed by atoms with Crippen molar-refractivity contribution < 1.29 is 4.79 Å². The monoisotopic (exact) mass is 547 g/mol. The van der Waals surface area contributed by atoms with Gasteiger partial charge in [-0.15, -0.1) is 11.3 Å². The number of hydrogen-bond donors (Lipinski definition) is 4. The van der Waals surface area contributed by atoms with Gasteiger partial charge in [-0.1, -0.05) is 32.6 Å². The molecule has 3 aromatic rings. The third kappa shape index (κ3) is 6.86. The predicted molar refractivity (Wildman–Crippen MR) is 164 cm³/mol. The lowest BCUT2D eigenvalue weighted by molar-refractivity contribution is 0.101. The molecule has 0 spiro atoms. The minimum atomic E-state index is -0.244. The first-order chi connectivity index (χ1) is 18.8. The molecule has 1 aliphatic heterocycles. The molecule has 5 N–H and O–H groups in total. The number of nitrogen functional groups attached to an aromatic ring is 1. The Kier molecular flexibility index (Phi) is 9.74. The second-order valence-corrected chi connectivity index (χ2v) is 11.2. The van der Waals surface area contributed by atoms with Gasteiger partial charge in [-0.25, -0.2) is 4.98 Å². The maximum Gasteiger partial charge on any atom is 0.275 e. The van der Waals surface area contributed by atoms with Crippen molar-refractivity contribution in [2.75, 3.05) is 36.9 Å². The molecule has 3 heterocycles. The topological polar surface area (TPSA) is 102 Å². The Morgan fingerprint density at radius 1 is 1.23 bits per heavy atom. The number of anilines is 2. The SMILES string of the molecule is C=Cc1c(NN)cc(C(C)c2cc[nH]c2/C=C\CC)cc1NC(=O)c1csc(CN2CCN(C(C)C)CC2)n1. The van der Waals surface area contributed by atoms with E-state index in [2.05, 4.69) is 83.0 Å². The molecule has 0 saturated carbocycles. The number of carbonyl (C=O) groups excluding carboxylic acids is 1. The molecule has 1 aromatic carbocycles. The van der Waals surface area contributed by atoms with Crippen LogP contribution in [0.3, 0.4) is 0 Å². The van der Waals surface area contributed by atoms with E-state index in [0.717, 1.165) is 61.0 Å². The third-order valence-electron chi connectivity index (χ3n) is 7.39. The number of hydrazine groups is 1. The largest absolute Gasteiger partial charge is 0.361 e. The molecule has 1 saturated heterocycles. The van der Waals surface area contributed by atoms with Crippen LogP contribution in [0.4, 0.5) is 11.4 Å². The fourth-order valence-electron chi connectivity index (χ4n) is 5.00. The van der Waals surface area contributed by atoms with Crippen LogP contribution >= 0.6 is 11.3 Å². The first-order valence-corrected chi connectivity index (χ1v) is 14.6. The van der Waals surface area contributed by atoms with Crippen molar-refractivity contribution in [2.24, 2.45) is 5.84 Å². The quantitative estimate of drug-likeness (QED) is 0.180. The Morgan fingerprint density at radius 3 is 2.64 bits per heavy atom. The van der Waals surface area contributed by atoms with E-state index in [1.165, 1.54) is 16.9 Å². The number of nitrogens with two attached hydrogens (primary N) is 1. The zero-order valence-electron chi connectivity index (χ0n) is 23.5. The van der Waals surface area contributed by atoms with Crippen LogP contribution in [-0.4, -0.2) is 57.9 Å². The second-order valence-electron chi connectivity index (χ2n) is 10.2. The van der Waals surface area contributed by atoms with Crippen LogP contribution < -0.4 is 16.6 Å². The molecule has 1 fully saturated rings. The van der Waals surface area contributed by atoms with Crippen molar-refractivity contribution in [3.8, 4) is 0 Å². The van der Waals surface area contributed by atoms with E-state index in [1.54, 1.807) is 6.08 Å². The molecule has 1 aliphatic rings. The number of allylic oxidation sites excluding steroid dienone is 1. The first kappa shape index (κ1) is 28.8. The summed E-state index contributed by atoms with van der Waals surface area (Å²) in [4.78, 5) is 26.2. The van der Waals surface area contributed by atoms with E-state index in [0.29, 0.717) is 23.1 Å². The van der Waals surface area contributed by atoms with E-state index >= 15 is 0 Å². The number of piperazine rings is 1. The molecule has 9 heteroatoms. The van der Waals surface area contributed by atoms with E-state index in [9.17, 15) is 4.79 Å². The lowest BCUT2D eigenvalue weighted by atomic mass is 9.90. The van der Waals surface area contributed by atoms with Gasteiger partial charge in [0.25, 0.3) is 5.91 Å². The van der Waals surface area contributed by atoms with E-state index in [-0.39, 0.29) is 11.8 Å². The second kappa shape index (κ2) is 13.2. The van der Waals surface area contributed by atoms with E-state index in [1.807, 2.05) is 23.7 Å². The lowest BCUT2D eigenvalue weighted by Crippen LogP contribution is -2.48. The molecule has 4 rings (SSSR count). The van der Waals surface area contributed by atoms with E-state index < -0.39 is 0 Å². The van der Waals surface area contributed by atoms with Crippen LogP contribution in [0.25, 0.3) is 12.2 Å². The number of aromatic nitrogens is 2. The van der Waals surface area contributed by atoms with Crippen LogP contribution in [0, 0.1) is 0 Å². The Morgan fingerprint density at radius 2 is 1.97 bits per heavy atom. The van der Waals surface area contributed by atoms with Crippen LogP contribution in [0.2, 0.25) is 0 Å². The zero-order chi connectivity index (χ0) is 27.9. The number of carbonyl (C=O) groups is 1. The fourth-order valence-corrected chi connectivity index (χ4v) is 5.82. The summed E-state index contributed by atoms with van der Waals surface area (Å²) < 4.78 is 0. The standard InChI is InChI=1S/C30H41N7OS/c1-6-8-9-25-24(10-11-32-25)21(5)22-16-26(23(7-2)27(17-22)35-31)34-30(38)28-19-39-29(33-28)18-36-12-14-37(15-13-36)20(3)4/h7-11,16-17,19-21,32,35H,2,6,12-15,18,31H2,1,3-5H3,(H,34,38)/b9-8-. The Labute approximate surface area is 236 Å². The van der Waals surface area contributed by atoms with Gasteiger partial charge in [0.1, 0.15) is 10.7 Å². The Bertz CT molecular complexity index is 1300. The zero-order valence-corrected chi connectivity index (χ0v) is 24.3. The number of H-pyrrole nitrogens is 1. The molecule has 1 unspecified atom stereocenters. The number of nitrogens with one attached hydrogen (secondary N) is 3. The molecule has 208 valence electrons. The molecule has 0 aliphatic carbocycles. The Balaban J connectivity index is 1.51. The third-order valence-corrected chi connectivity index (χ3v) is 8.22. The molecule has 0 radical (unpaired) electrons. The van der Waals surface area contributed by atoms with E-state index in [4.69, 9.17) is 5.84 Å². The highest BCUT2D eigenvalue weighted by Gasteiger charge is 2.22. The summed E-state index contributed by atoms with van der Waals surface area (Å²) in [5.41, 5.74) is 8.55. The number of rotatable bonds is 11. The highest BCUT2D eigenvalue weighted by Crippen LogP contribution is 2.35. The number of amides is 1. The van der Waals surface area contributed by atoms with Crippen molar-refractivity contribution >= 4 is 40.8 Å². The van der Waals surface area contributed by atoms with Crippen LogP contribution in [-0.2, 0) is 6.54 Å². The summed E-state index contributed by atoms with van der Waals surface area (Å²) in [7, 11) is 0. The van der Waals surface area contributed by atoms with Crippen molar-refractivity contribution in [3.05, 3.63) is 75.5 Å². The van der Waals surface area contributed by atoms with Gasteiger partial charge >= 0.3 is 0 Å². The van der Waals surface area contributed by atoms with Gasteiger partial charge in [0.2, 0.25) is 0 Å². The average molecular weight is 548 g/mol. The summed E-state index contributed by atoms with van der Waals surface area (Å²) in [5.74, 6) is 5.71. The fraction of sp³-hybridized carbons (Fsp3) is 0.400. The lowest BCUT2D eigenvalue weighted by Gasteiger charge is -2.36. The maximum absolute atomic E-state index is 13.3. The molecule has 39 heavy (non-hydrogen) atoms. The summed E-state index contributed by atoms with van der Waals surface area (Å²) in [6.07, 6.45) is 8.86. The number of hydrogen-bond acceptors (Lipinski definition) is 7. The van der Waals surface area contributed by atoms with Crippen LogP contribution in [0.1, 0.15) is 77.9 Å². The van der Waals surface area contributed by atoms with Gasteiger partial charge in [0.05, 0.1) is 17.9 Å². The molecule has 8 nitrogen and oxygen atoms in total. The Hall–Kier alpha value is -3.24. The summed E-state index contributed by atoms with van der Waals surface area (Å²) in [6, 6.07) is 6.68. The maximum atomic E-state index is 13.3. The molecular weight excluding hydrogens is 506 g/mol. The van der Waals surface area contributed by atoms with Crippen LogP contribution in [0.5, 0.6) is 0 Å². The normalized spacial score (nSPS) is 15.6.